The second-order valence-electron chi connectivity index (χ2n) is 5.74. The summed E-state index contributed by atoms with van der Waals surface area (Å²) in [5.41, 5.74) is 2.15. The molecule has 0 spiro atoms. The number of hydrogen-bond acceptors (Lipinski definition) is 4. The van der Waals surface area contributed by atoms with Gasteiger partial charge in [0.25, 0.3) is 0 Å². The number of rotatable bonds is 6. The van der Waals surface area contributed by atoms with Gasteiger partial charge in [-0.25, -0.2) is 8.42 Å². The molecule has 0 saturated carbocycles. The summed E-state index contributed by atoms with van der Waals surface area (Å²) in [5.74, 6) is 0.792. The van der Waals surface area contributed by atoms with E-state index in [0.29, 0.717) is 6.42 Å². The number of likely N-dealkylation sites (N-methyl/N-ethyl adjacent to an activating group) is 1. The molecule has 1 rings (SSSR count). The summed E-state index contributed by atoms with van der Waals surface area (Å²) in [6.07, 6.45) is 1.88. The highest BCUT2D eigenvalue weighted by Crippen LogP contribution is 2.27. The Balaban J connectivity index is 3.15. The minimum Gasteiger partial charge on any atom is -0.496 e. The van der Waals surface area contributed by atoms with E-state index in [9.17, 15) is 8.42 Å². The van der Waals surface area contributed by atoms with Crippen LogP contribution in [0.5, 0.6) is 5.75 Å². The smallest absolute Gasteiger partial charge is 0.154 e. The number of aryl methyl sites for hydroxylation is 1. The van der Waals surface area contributed by atoms with Crippen LogP contribution in [0.4, 0.5) is 0 Å². The molecule has 0 bridgehead atoms. The first kappa shape index (κ1) is 17.0. The van der Waals surface area contributed by atoms with Crippen LogP contribution in [0.25, 0.3) is 0 Å². The van der Waals surface area contributed by atoms with Crippen molar-refractivity contribution in [1.82, 2.24) is 5.32 Å². The fourth-order valence-corrected chi connectivity index (χ4v) is 2.96. The predicted molar refractivity (Wildman–Crippen MR) is 83.2 cm³/mol. The van der Waals surface area contributed by atoms with Crippen LogP contribution in [0.3, 0.4) is 0 Å². The molecular formula is C15H25NO3S. The number of ether oxygens (including phenoxy) is 1. The standard InChI is InChI=1S/C15H25NO3S/c1-11-7-8-13(19-5)12(9-11)10-14(16-4)15(2,3)20(6,17)18/h7-9,14,16H,10H2,1-6H3. The molecule has 0 radical (unpaired) electrons. The molecule has 1 atom stereocenters. The number of methoxy groups -OCH3 is 1. The molecule has 114 valence electrons. The lowest BCUT2D eigenvalue weighted by Crippen LogP contribution is -2.51. The van der Waals surface area contributed by atoms with E-state index in [2.05, 4.69) is 5.32 Å². The molecule has 5 heteroatoms. The van der Waals surface area contributed by atoms with Gasteiger partial charge in [0.15, 0.2) is 9.84 Å². The number of benzene rings is 1. The molecule has 0 aliphatic heterocycles. The molecule has 20 heavy (non-hydrogen) atoms. The van der Waals surface area contributed by atoms with E-state index in [1.807, 2.05) is 25.1 Å². The molecule has 0 amide bonds. The Morgan fingerprint density at radius 3 is 2.40 bits per heavy atom. The van der Waals surface area contributed by atoms with E-state index in [1.54, 1.807) is 28.0 Å². The largest absolute Gasteiger partial charge is 0.496 e. The maximum absolute atomic E-state index is 12.0. The maximum Gasteiger partial charge on any atom is 0.154 e. The first-order valence-corrected chi connectivity index (χ1v) is 8.53. The molecule has 1 unspecified atom stereocenters. The minimum atomic E-state index is -3.17. The predicted octanol–water partition coefficient (Wildman–Crippen LogP) is 1.96. The molecule has 0 aromatic heterocycles. The topological polar surface area (TPSA) is 55.4 Å². The highest BCUT2D eigenvalue weighted by Gasteiger charge is 2.38. The summed E-state index contributed by atoms with van der Waals surface area (Å²) in [4.78, 5) is 0. The lowest BCUT2D eigenvalue weighted by atomic mass is 9.94. The Bertz CT molecular complexity index is 564. The molecule has 0 aliphatic rings. The molecule has 0 fully saturated rings. The number of hydrogen-bond donors (Lipinski definition) is 1. The van der Waals surface area contributed by atoms with Crippen LogP contribution in [0.1, 0.15) is 25.0 Å². The van der Waals surface area contributed by atoms with Crippen molar-refractivity contribution in [3.05, 3.63) is 29.3 Å². The van der Waals surface area contributed by atoms with Gasteiger partial charge in [0.05, 0.1) is 11.9 Å². The summed E-state index contributed by atoms with van der Waals surface area (Å²) < 4.78 is 28.5. The van der Waals surface area contributed by atoms with Gasteiger partial charge in [0.2, 0.25) is 0 Å². The minimum absolute atomic E-state index is 0.187. The summed E-state index contributed by atoms with van der Waals surface area (Å²) in [6.45, 7) is 5.52. The highest BCUT2D eigenvalue weighted by molar-refractivity contribution is 7.92. The zero-order valence-electron chi connectivity index (χ0n) is 13.1. The second-order valence-corrected chi connectivity index (χ2v) is 8.33. The third kappa shape index (κ3) is 3.52. The second kappa shape index (κ2) is 6.14. The Hall–Kier alpha value is -1.07. The van der Waals surface area contributed by atoms with E-state index >= 15 is 0 Å². The third-order valence-electron chi connectivity index (χ3n) is 4.00. The van der Waals surface area contributed by atoms with Crippen LogP contribution in [0.2, 0.25) is 0 Å². The van der Waals surface area contributed by atoms with E-state index in [1.165, 1.54) is 6.26 Å². The summed E-state index contributed by atoms with van der Waals surface area (Å²) in [6, 6.07) is 5.76. The fraction of sp³-hybridized carbons (Fsp3) is 0.600. The summed E-state index contributed by atoms with van der Waals surface area (Å²) in [7, 11) is 0.254. The van der Waals surface area contributed by atoms with Gasteiger partial charge in [-0.2, -0.15) is 0 Å². The van der Waals surface area contributed by atoms with Crippen molar-refractivity contribution >= 4 is 9.84 Å². The third-order valence-corrected chi connectivity index (χ3v) is 6.20. The van der Waals surface area contributed by atoms with E-state index in [0.717, 1.165) is 16.9 Å². The molecule has 4 nitrogen and oxygen atoms in total. The first-order valence-electron chi connectivity index (χ1n) is 6.64. The lowest BCUT2D eigenvalue weighted by molar-refractivity contribution is 0.394. The van der Waals surface area contributed by atoms with Crippen molar-refractivity contribution in [3.8, 4) is 5.75 Å². The van der Waals surface area contributed by atoms with E-state index < -0.39 is 14.6 Å². The van der Waals surface area contributed by atoms with Gasteiger partial charge in [-0.3, -0.25) is 0 Å². The van der Waals surface area contributed by atoms with Crippen molar-refractivity contribution < 1.29 is 13.2 Å². The van der Waals surface area contributed by atoms with Crippen molar-refractivity contribution in [2.75, 3.05) is 20.4 Å². The zero-order valence-corrected chi connectivity index (χ0v) is 14.0. The van der Waals surface area contributed by atoms with Gasteiger partial charge in [0, 0.05) is 12.3 Å². The van der Waals surface area contributed by atoms with Gasteiger partial charge in [-0.15, -0.1) is 0 Å². The summed E-state index contributed by atoms with van der Waals surface area (Å²) >= 11 is 0. The van der Waals surface area contributed by atoms with Crippen molar-refractivity contribution in [2.24, 2.45) is 0 Å². The monoisotopic (exact) mass is 299 g/mol. The normalized spacial score (nSPS) is 14.1. The number of sulfone groups is 1. The molecular weight excluding hydrogens is 274 g/mol. The van der Waals surface area contributed by atoms with Crippen LogP contribution < -0.4 is 10.1 Å². The Labute approximate surface area is 122 Å². The first-order chi connectivity index (χ1) is 9.13. The average Bonchev–Trinajstić information content (AvgIpc) is 2.34. The molecule has 1 aromatic rings. The van der Waals surface area contributed by atoms with Gasteiger partial charge < -0.3 is 10.1 Å². The molecule has 0 saturated heterocycles. The van der Waals surface area contributed by atoms with Crippen molar-refractivity contribution in [1.29, 1.82) is 0 Å². The highest BCUT2D eigenvalue weighted by atomic mass is 32.2. The van der Waals surface area contributed by atoms with Crippen LogP contribution in [-0.2, 0) is 16.3 Å². The van der Waals surface area contributed by atoms with E-state index in [4.69, 9.17) is 4.74 Å². The maximum atomic E-state index is 12.0. The Kier molecular flexibility index (Phi) is 5.21. The Morgan fingerprint density at radius 1 is 1.35 bits per heavy atom. The van der Waals surface area contributed by atoms with Gasteiger partial charge in [0.1, 0.15) is 5.75 Å². The number of nitrogens with one attached hydrogen (secondary N) is 1. The average molecular weight is 299 g/mol. The molecule has 1 aromatic carbocycles. The lowest BCUT2D eigenvalue weighted by Gasteiger charge is -2.33. The van der Waals surface area contributed by atoms with Crippen LogP contribution in [-0.4, -0.2) is 39.6 Å². The van der Waals surface area contributed by atoms with Crippen LogP contribution in [0.15, 0.2) is 18.2 Å². The van der Waals surface area contributed by atoms with Crippen LogP contribution >= 0.6 is 0 Å². The molecule has 0 aliphatic carbocycles. The SMILES string of the molecule is CNC(Cc1cc(C)ccc1OC)C(C)(C)S(C)(=O)=O. The Morgan fingerprint density at radius 2 is 1.95 bits per heavy atom. The molecule has 0 heterocycles. The quantitative estimate of drug-likeness (QED) is 0.872. The fourth-order valence-electron chi connectivity index (χ4n) is 2.24. The van der Waals surface area contributed by atoms with Gasteiger partial charge in [-0.1, -0.05) is 17.7 Å². The zero-order chi connectivity index (χ0) is 15.6. The summed E-state index contributed by atoms with van der Waals surface area (Å²) in [5, 5.41) is 3.13. The van der Waals surface area contributed by atoms with Crippen LogP contribution in [0, 0.1) is 6.92 Å². The van der Waals surface area contributed by atoms with E-state index in [-0.39, 0.29) is 6.04 Å². The van der Waals surface area contributed by atoms with Crippen molar-refractivity contribution in [2.45, 2.75) is 38.0 Å². The van der Waals surface area contributed by atoms with Gasteiger partial charge >= 0.3 is 0 Å². The molecule has 1 N–H and O–H groups in total. The van der Waals surface area contributed by atoms with Crippen molar-refractivity contribution in [3.63, 3.8) is 0 Å². The van der Waals surface area contributed by atoms with Gasteiger partial charge in [-0.05, 0) is 45.9 Å².